The number of rotatable bonds is 4. The van der Waals surface area contributed by atoms with Crippen LogP contribution in [-0.4, -0.2) is 34.1 Å². The van der Waals surface area contributed by atoms with Crippen LogP contribution in [0.5, 0.6) is 0 Å². The van der Waals surface area contributed by atoms with Crippen LogP contribution in [0.3, 0.4) is 0 Å². The van der Waals surface area contributed by atoms with Crippen LogP contribution in [0.15, 0.2) is 12.3 Å². The van der Waals surface area contributed by atoms with Gasteiger partial charge in [-0.15, -0.1) is 0 Å². The number of amides is 1. The molecule has 1 aliphatic rings. The Morgan fingerprint density at radius 1 is 1.50 bits per heavy atom. The number of nitrogens with zero attached hydrogens (tertiary/aromatic N) is 2. The van der Waals surface area contributed by atoms with E-state index in [-0.39, 0.29) is 11.9 Å². The maximum Gasteiger partial charge on any atom is 0.219 e. The largest absolute Gasteiger partial charge is 0.370 e. The number of H-pyrrole nitrogens is 1. The van der Waals surface area contributed by atoms with Gasteiger partial charge in [-0.25, -0.2) is 0 Å². The van der Waals surface area contributed by atoms with Gasteiger partial charge in [-0.05, 0) is 32.0 Å². The molecule has 1 aromatic rings. The third-order valence-corrected chi connectivity index (χ3v) is 3.11. The molecule has 1 saturated heterocycles. The molecule has 5 nitrogen and oxygen atoms in total. The Morgan fingerprint density at radius 2 is 2.25 bits per heavy atom. The summed E-state index contributed by atoms with van der Waals surface area (Å²) >= 11 is 0. The number of likely N-dealkylation sites (tertiary alicyclic amines) is 1. The molecule has 88 valence electrons. The summed E-state index contributed by atoms with van der Waals surface area (Å²) in [4.78, 5) is 13.4. The van der Waals surface area contributed by atoms with Gasteiger partial charge < -0.3 is 5.73 Å². The molecule has 3 N–H and O–H groups in total. The molecule has 5 heteroatoms. The average molecular weight is 222 g/mol. The zero-order valence-electron chi connectivity index (χ0n) is 9.35. The molecule has 2 rings (SSSR count). The summed E-state index contributed by atoms with van der Waals surface area (Å²) in [7, 11) is 0. The van der Waals surface area contributed by atoms with Crippen LogP contribution in [0.4, 0.5) is 0 Å². The lowest BCUT2D eigenvalue weighted by Crippen LogP contribution is -2.36. The van der Waals surface area contributed by atoms with Gasteiger partial charge in [-0.1, -0.05) is 6.42 Å². The third-order valence-electron chi connectivity index (χ3n) is 3.11. The maximum atomic E-state index is 11.1. The van der Waals surface area contributed by atoms with Gasteiger partial charge in [0.05, 0.1) is 11.7 Å². The smallest absolute Gasteiger partial charge is 0.219 e. The van der Waals surface area contributed by atoms with Crippen molar-refractivity contribution in [1.29, 1.82) is 0 Å². The Balaban J connectivity index is 2.10. The quantitative estimate of drug-likeness (QED) is 0.791. The minimum absolute atomic E-state index is 0.0697. The summed E-state index contributed by atoms with van der Waals surface area (Å²) in [5, 5.41) is 6.88. The van der Waals surface area contributed by atoms with Crippen molar-refractivity contribution >= 4 is 5.91 Å². The predicted octanol–water partition coefficient (Wildman–Crippen LogP) is 0.812. The Kier molecular flexibility index (Phi) is 3.56. The molecule has 1 amide bonds. The minimum Gasteiger partial charge on any atom is -0.370 e. The van der Waals surface area contributed by atoms with Crippen LogP contribution in [0, 0.1) is 0 Å². The van der Waals surface area contributed by atoms with Crippen LogP contribution in [0.1, 0.15) is 37.4 Å². The molecule has 1 fully saturated rings. The van der Waals surface area contributed by atoms with E-state index in [2.05, 4.69) is 15.1 Å². The van der Waals surface area contributed by atoms with Gasteiger partial charge in [0.2, 0.25) is 5.91 Å². The van der Waals surface area contributed by atoms with Gasteiger partial charge in [0.1, 0.15) is 0 Å². The molecule has 0 spiro atoms. The van der Waals surface area contributed by atoms with E-state index in [4.69, 9.17) is 5.73 Å². The lowest BCUT2D eigenvalue weighted by Gasteiger charge is -2.33. The first-order valence-electron chi connectivity index (χ1n) is 5.79. The number of carbonyl (C=O) groups excluding carboxylic acids is 1. The number of carbonyl (C=O) groups is 1. The summed E-state index contributed by atoms with van der Waals surface area (Å²) in [6.45, 7) is 2.08. The van der Waals surface area contributed by atoms with Crippen LogP contribution in [0.2, 0.25) is 0 Å². The molecule has 0 bridgehead atoms. The van der Waals surface area contributed by atoms with E-state index < -0.39 is 0 Å². The van der Waals surface area contributed by atoms with Gasteiger partial charge >= 0.3 is 0 Å². The normalized spacial score (nSPS) is 19.5. The highest BCUT2D eigenvalue weighted by molar-refractivity contribution is 5.74. The van der Waals surface area contributed by atoms with E-state index in [1.165, 1.54) is 19.3 Å². The number of nitrogens with one attached hydrogen (secondary N) is 1. The summed E-state index contributed by atoms with van der Waals surface area (Å²) in [6, 6.07) is 1.99. The fourth-order valence-corrected chi connectivity index (χ4v) is 2.31. The second-order valence-electron chi connectivity index (χ2n) is 4.29. The zero-order valence-corrected chi connectivity index (χ0v) is 9.35. The highest BCUT2D eigenvalue weighted by Gasteiger charge is 2.24. The van der Waals surface area contributed by atoms with Gasteiger partial charge in [-0.2, -0.15) is 5.10 Å². The number of nitrogens with two attached hydrogens (primary N) is 1. The number of hydrogen-bond acceptors (Lipinski definition) is 3. The van der Waals surface area contributed by atoms with Crippen LogP contribution < -0.4 is 5.73 Å². The van der Waals surface area contributed by atoms with Crippen molar-refractivity contribution in [2.24, 2.45) is 5.73 Å². The molecule has 2 heterocycles. The highest BCUT2D eigenvalue weighted by atomic mass is 16.1. The second kappa shape index (κ2) is 5.12. The lowest BCUT2D eigenvalue weighted by atomic mass is 10.0. The fraction of sp³-hybridized carbons (Fsp3) is 0.636. The van der Waals surface area contributed by atoms with Crippen molar-refractivity contribution in [3.63, 3.8) is 0 Å². The van der Waals surface area contributed by atoms with Gasteiger partial charge in [-0.3, -0.25) is 14.8 Å². The summed E-state index contributed by atoms with van der Waals surface area (Å²) in [5.41, 5.74) is 6.29. The Bertz CT molecular complexity index is 330. The van der Waals surface area contributed by atoms with Gasteiger partial charge in [0.15, 0.2) is 0 Å². The molecule has 0 aromatic carbocycles. The standard InChI is InChI=1S/C11H18N4O/c12-11(16)8-10(9-4-5-13-14-9)15-6-2-1-3-7-15/h4-5,10H,1-3,6-8H2,(H2,12,16)(H,13,14). The first-order chi connectivity index (χ1) is 7.77. The third kappa shape index (κ3) is 2.61. The fourth-order valence-electron chi connectivity index (χ4n) is 2.31. The van der Waals surface area contributed by atoms with Crippen LogP contribution in [-0.2, 0) is 4.79 Å². The first kappa shape index (κ1) is 11.1. The monoisotopic (exact) mass is 222 g/mol. The van der Waals surface area contributed by atoms with E-state index in [1.54, 1.807) is 6.20 Å². The van der Waals surface area contributed by atoms with Crippen molar-refractivity contribution < 1.29 is 4.79 Å². The molecule has 0 aliphatic carbocycles. The van der Waals surface area contributed by atoms with E-state index in [0.29, 0.717) is 6.42 Å². The summed E-state index contributed by atoms with van der Waals surface area (Å²) in [5.74, 6) is -0.259. The number of primary amides is 1. The topological polar surface area (TPSA) is 75.0 Å². The van der Waals surface area contributed by atoms with E-state index in [0.717, 1.165) is 18.8 Å². The van der Waals surface area contributed by atoms with Crippen molar-refractivity contribution in [2.75, 3.05) is 13.1 Å². The van der Waals surface area contributed by atoms with Crippen molar-refractivity contribution in [1.82, 2.24) is 15.1 Å². The molecule has 0 saturated carbocycles. The summed E-state index contributed by atoms with van der Waals surface area (Å²) < 4.78 is 0. The number of aromatic nitrogens is 2. The van der Waals surface area contributed by atoms with Crippen LogP contribution >= 0.6 is 0 Å². The van der Waals surface area contributed by atoms with E-state index >= 15 is 0 Å². The van der Waals surface area contributed by atoms with Crippen molar-refractivity contribution in [3.05, 3.63) is 18.0 Å². The molecular formula is C11H18N4O. The number of aromatic amines is 1. The Hall–Kier alpha value is -1.36. The first-order valence-corrected chi connectivity index (χ1v) is 5.79. The van der Waals surface area contributed by atoms with Gasteiger partial charge in [0, 0.05) is 12.6 Å². The molecule has 16 heavy (non-hydrogen) atoms. The predicted molar refractivity (Wildman–Crippen MR) is 60.6 cm³/mol. The maximum absolute atomic E-state index is 11.1. The van der Waals surface area contributed by atoms with Crippen molar-refractivity contribution in [3.8, 4) is 0 Å². The number of piperidine rings is 1. The minimum atomic E-state index is -0.259. The molecule has 1 aliphatic heterocycles. The van der Waals surface area contributed by atoms with Crippen LogP contribution in [0.25, 0.3) is 0 Å². The van der Waals surface area contributed by atoms with E-state index in [1.807, 2.05) is 6.07 Å². The molecule has 1 unspecified atom stereocenters. The molecular weight excluding hydrogens is 204 g/mol. The Morgan fingerprint density at radius 3 is 2.81 bits per heavy atom. The second-order valence-corrected chi connectivity index (χ2v) is 4.29. The SMILES string of the molecule is NC(=O)CC(c1ccn[nH]1)N1CCCCC1. The van der Waals surface area contributed by atoms with Gasteiger partial charge in [0.25, 0.3) is 0 Å². The molecule has 1 aromatic heterocycles. The van der Waals surface area contributed by atoms with E-state index in [9.17, 15) is 4.79 Å². The summed E-state index contributed by atoms with van der Waals surface area (Å²) in [6.07, 6.45) is 5.75. The average Bonchev–Trinajstić information content (AvgIpc) is 2.80. The Labute approximate surface area is 95.0 Å². The number of hydrogen-bond donors (Lipinski definition) is 2. The zero-order chi connectivity index (χ0) is 11.4. The highest BCUT2D eigenvalue weighted by Crippen LogP contribution is 2.25. The molecule has 0 radical (unpaired) electrons. The molecule has 1 atom stereocenters. The van der Waals surface area contributed by atoms with Crippen molar-refractivity contribution in [2.45, 2.75) is 31.7 Å². The lowest BCUT2D eigenvalue weighted by molar-refractivity contribution is -0.119.